The zero-order valence-electron chi connectivity index (χ0n) is 18.8. The van der Waals surface area contributed by atoms with Gasteiger partial charge in [0.1, 0.15) is 5.65 Å². The molecule has 0 fully saturated rings. The maximum atomic E-state index is 5.06. The van der Waals surface area contributed by atoms with Gasteiger partial charge in [-0.2, -0.15) is 0 Å². The SMILES string of the molecule is c1ccc2c(c1)Cc1ccc3c(c1-2)-c1ccc2c(c1C3)c1cnccc1n1c3cnccc3nc21. The van der Waals surface area contributed by atoms with E-state index in [1.165, 1.54) is 60.7 Å². The van der Waals surface area contributed by atoms with Gasteiger partial charge in [0.05, 0.1) is 22.7 Å². The lowest BCUT2D eigenvalue weighted by molar-refractivity contribution is 1.24. The summed E-state index contributed by atoms with van der Waals surface area (Å²) in [6.45, 7) is 0. The number of nitrogens with zero attached hydrogens (tertiary/aromatic N) is 4. The first-order valence-electron chi connectivity index (χ1n) is 12.0. The number of rotatable bonds is 0. The molecule has 4 heteroatoms. The molecule has 162 valence electrons. The first kappa shape index (κ1) is 17.8. The van der Waals surface area contributed by atoms with Gasteiger partial charge in [-0.15, -0.1) is 0 Å². The molecule has 0 amide bonds. The molecule has 4 aromatic heterocycles. The van der Waals surface area contributed by atoms with E-state index in [9.17, 15) is 0 Å². The summed E-state index contributed by atoms with van der Waals surface area (Å²) < 4.78 is 2.24. The largest absolute Gasteiger partial charge is 0.290 e. The van der Waals surface area contributed by atoms with Gasteiger partial charge in [0.2, 0.25) is 0 Å². The molecule has 0 atom stereocenters. The van der Waals surface area contributed by atoms with Crippen LogP contribution in [0.5, 0.6) is 0 Å². The quantitative estimate of drug-likeness (QED) is 0.243. The van der Waals surface area contributed by atoms with E-state index in [2.05, 4.69) is 69.0 Å². The van der Waals surface area contributed by atoms with E-state index in [1.54, 1.807) is 0 Å². The molecule has 4 heterocycles. The lowest BCUT2D eigenvalue weighted by atomic mass is 9.92. The Morgan fingerprint density at radius 2 is 1.46 bits per heavy atom. The summed E-state index contributed by atoms with van der Waals surface area (Å²) in [5, 5.41) is 3.61. The van der Waals surface area contributed by atoms with E-state index in [1.807, 2.05) is 30.9 Å². The minimum atomic E-state index is 0.930. The average molecular weight is 447 g/mol. The summed E-state index contributed by atoms with van der Waals surface area (Å²) >= 11 is 0. The van der Waals surface area contributed by atoms with Crippen LogP contribution in [0.3, 0.4) is 0 Å². The van der Waals surface area contributed by atoms with Crippen LogP contribution in [0.1, 0.15) is 22.3 Å². The summed E-state index contributed by atoms with van der Waals surface area (Å²) in [5.41, 5.74) is 15.4. The van der Waals surface area contributed by atoms with Gasteiger partial charge in [0.15, 0.2) is 0 Å². The Hall–Kier alpha value is -4.57. The van der Waals surface area contributed by atoms with Gasteiger partial charge >= 0.3 is 0 Å². The molecule has 0 spiro atoms. The smallest absolute Gasteiger partial charge is 0.146 e. The van der Waals surface area contributed by atoms with E-state index in [-0.39, 0.29) is 0 Å². The van der Waals surface area contributed by atoms with Gasteiger partial charge in [-0.1, -0.05) is 42.5 Å². The third-order valence-corrected chi connectivity index (χ3v) is 8.00. The molecule has 0 bridgehead atoms. The summed E-state index contributed by atoms with van der Waals surface area (Å²) in [4.78, 5) is 14.0. The predicted octanol–water partition coefficient (Wildman–Crippen LogP) is 6.73. The van der Waals surface area contributed by atoms with E-state index >= 15 is 0 Å². The molecule has 9 rings (SSSR count). The minimum Gasteiger partial charge on any atom is -0.290 e. The monoisotopic (exact) mass is 446 g/mol. The lowest BCUT2D eigenvalue weighted by Crippen LogP contribution is -1.95. The molecular formula is C31H18N4. The van der Waals surface area contributed by atoms with Crippen molar-refractivity contribution < 1.29 is 0 Å². The molecule has 2 aliphatic rings. The number of benzene rings is 3. The molecule has 0 N–H and O–H groups in total. The van der Waals surface area contributed by atoms with Crippen LogP contribution in [0.15, 0.2) is 85.5 Å². The summed E-state index contributed by atoms with van der Waals surface area (Å²) in [6.07, 6.45) is 9.56. The molecule has 7 aromatic rings. The Bertz CT molecular complexity index is 2070. The number of hydrogen-bond donors (Lipinski definition) is 0. The van der Waals surface area contributed by atoms with Crippen LogP contribution in [0, 0.1) is 0 Å². The van der Waals surface area contributed by atoms with Crippen molar-refractivity contribution >= 4 is 38.4 Å². The van der Waals surface area contributed by atoms with Crippen molar-refractivity contribution in [2.24, 2.45) is 0 Å². The van der Waals surface area contributed by atoms with Gasteiger partial charge in [-0.25, -0.2) is 4.98 Å². The van der Waals surface area contributed by atoms with E-state index < -0.39 is 0 Å². The topological polar surface area (TPSA) is 43.1 Å². The fraction of sp³-hybridized carbons (Fsp3) is 0.0645. The third kappa shape index (κ3) is 2.11. The maximum Gasteiger partial charge on any atom is 0.146 e. The van der Waals surface area contributed by atoms with Crippen molar-refractivity contribution in [2.75, 3.05) is 0 Å². The second kappa shape index (κ2) is 6.10. The van der Waals surface area contributed by atoms with E-state index in [0.29, 0.717) is 0 Å². The zero-order chi connectivity index (χ0) is 22.7. The van der Waals surface area contributed by atoms with Crippen molar-refractivity contribution in [2.45, 2.75) is 12.8 Å². The number of pyridine rings is 3. The predicted molar refractivity (Wildman–Crippen MR) is 140 cm³/mol. The Kier molecular flexibility index (Phi) is 3.11. The summed E-state index contributed by atoms with van der Waals surface area (Å²) in [7, 11) is 0. The molecule has 0 saturated carbocycles. The van der Waals surface area contributed by atoms with Crippen LogP contribution in [0.2, 0.25) is 0 Å². The molecule has 0 saturated heterocycles. The molecule has 2 aliphatic carbocycles. The summed E-state index contributed by atoms with van der Waals surface area (Å²) in [5.74, 6) is 0. The second-order valence-corrected chi connectivity index (χ2v) is 9.69. The Labute approximate surface area is 200 Å². The Morgan fingerprint density at radius 3 is 2.43 bits per heavy atom. The Morgan fingerprint density at radius 1 is 0.629 bits per heavy atom. The molecule has 0 unspecified atom stereocenters. The van der Waals surface area contributed by atoms with Crippen molar-refractivity contribution in [3.05, 3.63) is 108 Å². The first-order valence-corrected chi connectivity index (χ1v) is 12.0. The van der Waals surface area contributed by atoms with Crippen molar-refractivity contribution in [3.8, 4) is 22.3 Å². The highest BCUT2D eigenvalue weighted by Gasteiger charge is 2.30. The number of imidazole rings is 1. The minimum absolute atomic E-state index is 0.930. The van der Waals surface area contributed by atoms with Gasteiger partial charge < -0.3 is 0 Å². The summed E-state index contributed by atoms with van der Waals surface area (Å²) in [6, 6.07) is 22.2. The standard InChI is InChI=1S/C31H18N4/c1-2-4-20-17(3-1)13-18-5-6-19-14-23-21(29(19)28(18)20)7-8-22-30(23)24-15-32-12-10-26(24)35-27-16-33-11-9-25(27)34-31(22)35/h1-12,15-16H,13-14H2. The van der Waals surface area contributed by atoms with Crippen LogP contribution in [0.4, 0.5) is 0 Å². The van der Waals surface area contributed by atoms with Crippen molar-refractivity contribution in [1.82, 2.24) is 19.4 Å². The average Bonchev–Trinajstić information content (AvgIpc) is 3.59. The third-order valence-electron chi connectivity index (χ3n) is 8.00. The molecule has 35 heavy (non-hydrogen) atoms. The highest BCUT2D eigenvalue weighted by molar-refractivity contribution is 6.17. The van der Waals surface area contributed by atoms with Crippen LogP contribution in [0.25, 0.3) is 60.6 Å². The van der Waals surface area contributed by atoms with Gasteiger partial charge in [0, 0.05) is 34.7 Å². The van der Waals surface area contributed by atoms with Crippen LogP contribution >= 0.6 is 0 Å². The number of fused-ring (bicyclic) bond motifs is 16. The van der Waals surface area contributed by atoms with Gasteiger partial charge in [-0.3, -0.25) is 14.4 Å². The number of aromatic nitrogens is 4. The first-order chi connectivity index (χ1) is 17.4. The van der Waals surface area contributed by atoms with Crippen LogP contribution in [-0.4, -0.2) is 19.4 Å². The second-order valence-electron chi connectivity index (χ2n) is 9.69. The number of hydrogen-bond acceptors (Lipinski definition) is 3. The molecule has 0 aliphatic heterocycles. The fourth-order valence-corrected chi connectivity index (χ4v) is 6.60. The van der Waals surface area contributed by atoms with E-state index in [4.69, 9.17) is 4.98 Å². The lowest BCUT2D eigenvalue weighted by Gasteiger charge is -2.13. The maximum absolute atomic E-state index is 5.06. The normalized spacial score (nSPS) is 13.5. The highest BCUT2D eigenvalue weighted by atomic mass is 15.0. The van der Waals surface area contributed by atoms with Gasteiger partial charge in [-0.05, 0) is 75.5 Å². The molecule has 4 nitrogen and oxygen atoms in total. The van der Waals surface area contributed by atoms with Gasteiger partial charge in [0.25, 0.3) is 0 Å². The van der Waals surface area contributed by atoms with Crippen molar-refractivity contribution in [1.29, 1.82) is 0 Å². The molecule has 0 radical (unpaired) electrons. The fourth-order valence-electron chi connectivity index (χ4n) is 6.60. The Balaban J connectivity index is 1.45. The molecule has 3 aromatic carbocycles. The zero-order valence-corrected chi connectivity index (χ0v) is 18.8. The van der Waals surface area contributed by atoms with Crippen LogP contribution < -0.4 is 0 Å². The van der Waals surface area contributed by atoms with Crippen LogP contribution in [-0.2, 0) is 12.8 Å². The van der Waals surface area contributed by atoms with Crippen molar-refractivity contribution in [3.63, 3.8) is 0 Å². The van der Waals surface area contributed by atoms with E-state index in [0.717, 1.165) is 35.0 Å². The highest BCUT2D eigenvalue weighted by Crippen LogP contribution is 2.51. The molecular weight excluding hydrogens is 428 g/mol.